The molecule has 0 saturated carbocycles. The molecule has 0 aromatic carbocycles. The number of rotatable bonds is 8. The number of nitrogens with zero attached hydrogens (tertiary/aromatic N) is 7. The van der Waals surface area contributed by atoms with Crippen LogP contribution in [0.1, 0.15) is 74.7 Å². The van der Waals surface area contributed by atoms with Crippen molar-refractivity contribution in [1.29, 1.82) is 0 Å². The Morgan fingerprint density at radius 1 is 1.03 bits per heavy atom. The lowest BCUT2D eigenvalue weighted by Gasteiger charge is -2.47. The molecule has 5 N–H and O–H groups in total. The zero-order valence-electron chi connectivity index (χ0n) is 36.7. The molecule has 0 aliphatic carbocycles. The summed E-state index contributed by atoms with van der Waals surface area (Å²) in [6.45, 7) is 12.0. The van der Waals surface area contributed by atoms with Crippen LogP contribution in [0, 0.1) is 29.6 Å². The number of carbonyl (C=O) groups excluding carboxylic acids is 4. The second-order valence-electron chi connectivity index (χ2n) is 17.2. The van der Waals surface area contributed by atoms with Crippen molar-refractivity contribution in [3.8, 4) is 23.2 Å². The van der Waals surface area contributed by atoms with Gasteiger partial charge in [0.05, 0.1) is 42.3 Å². The Morgan fingerprint density at radius 2 is 1.70 bits per heavy atom. The topological polar surface area (TPSA) is 250 Å². The van der Waals surface area contributed by atoms with Crippen LogP contribution in [-0.4, -0.2) is 151 Å². The molecule has 20 heteroatoms. The molecule has 0 bridgehead atoms. The average Bonchev–Trinajstić information content (AvgIpc) is 3.77. The molecule has 5 heterocycles. The quantitative estimate of drug-likeness (QED) is 0.196. The van der Waals surface area contributed by atoms with Gasteiger partial charge >= 0.3 is 12.1 Å². The molecule has 0 radical (unpaired) electrons. The van der Waals surface area contributed by atoms with E-state index in [0.717, 1.165) is 6.92 Å². The van der Waals surface area contributed by atoms with Crippen LogP contribution in [0.15, 0.2) is 12.3 Å². The van der Waals surface area contributed by atoms with Gasteiger partial charge in [0.1, 0.15) is 36.0 Å². The van der Waals surface area contributed by atoms with Gasteiger partial charge in [-0.2, -0.15) is 4.98 Å². The highest BCUT2D eigenvalue weighted by Crippen LogP contribution is 2.43. The fourth-order valence-electron chi connectivity index (χ4n) is 9.03. The lowest BCUT2D eigenvalue weighted by atomic mass is 9.73. The minimum absolute atomic E-state index is 0.0235. The van der Waals surface area contributed by atoms with Gasteiger partial charge in [0.25, 0.3) is 5.67 Å². The van der Waals surface area contributed by atoms with E-state index in [4.69, 9.17) is 35.2 Å². The number of nitrogen functional groups attached to an aromatic ring is 2. The minimum atomic E-state index is -3.22. The molecule has 0 spiro atoms. The molecule has 3 fully saturated rings. The van der Waals surface area contributed by atoms with Crippen molar-refractivity contribution in [3.63, 3.8) is 0 Å². The van der Waals surface area contributed by atoms with Gasteiger partial charge in [0, 0.05) is 37.0 Å². The normalized spacial score (nSPS) is 36.5. The molecule has 5 rings (SSSR count). The van der Waals surface area contributed by atoms with Gasteiger partial charge in [-0.3, -0.25) is 14.5 Å². The maximum Gasteiger partial charge on any atom is 0.411 e. The molecule has 2 aromatic rings. The van der Waals surface area contributed by atoms with E-state index in [0.29, 0.717) is 17.8 Å². The van der Waals surface area contributed by atoms with Gasteiger partial charge in [0.15, 0.2) is 17.7 Å². The van der Waals surface area contributed by atoms with E-state index < -0.39 is 83.1 Å². The van der Waals surface area contributed by atoms with E-state index in [1.807, 2.05) is 11.8 Å². The van der Waals surface area contributed by atoms with Crippen LogP contribution in [-0.2, 0) is 44.6 Å². The number of anilines is 2. The Kier molecular flexibility index (Phi) is 14.1. The fraction of sp³-hybridized carbons (Fsp3) is 0.707. The smallest absolute Gasteiger partial charge is 0.411 e. The summed E-state index contributed by atoms with van der Waals surface area (Å²) in [5, 5.41) is 19.6. The van der Waals surface area contributed by atoms with Gasteiger partial charge < -0.3 is 45.2 Å². The van der Waals surface area contributed by atoms with Gasteiger partial charge in [-0.1, -0.05) is 44.7 Å². The molecule has 1 amide bonds. The highest BCUT2D eigenvalue weighted by molar-refractivity contribution is 6.08. The number of methoxy groups -OCH3 is 1. The van der Waals surface area contributed by atoms with Crippen molar-refractivity contribution in [2.75, 3.05) is 39.2 Å². The standard InChI is InChI=1S/C41H60FN9O10/c1-12-28-41(8)32(51(38(56)61-41)16-14-13-15-50-20-26(47-48-50)25-18-29(43)46-37(44)45-25)23(4)30(52)21(2)19-39(6,57-11)34(24(5)33(54)40(7,42)36(55)59-28)60-35-31(53)27(49(9)10)17-22(3)58-35/h18,20-24,27-28,31-32,34-35,53H,12,15-17,19H2,1-11H3,(H4,43,44,45,46)/t21-,22?,23+,24+,27?,28-,31?,32-,34-,35+,39-,40+,41-/m1/s1. The van der Waals surface area contributed by atoms with Crippen molar-refractivity contribution in [2.24, 2.45) is 17.8 Å². The van der Waals surface area contributed by atoms with Crippen molar-refractivity contribution >= 4 is 35.4 Å². The van der Waals surface area contributed by atoms with Crippen LogP contribution in [0.5, 0.6) is 0 Å². The van der Waals surface area contributed by atoms with Crippen molar-refractivity contribution in [3.05, 3.63) is 12.3 Å². The van der Waals surface area contributed by atoms with Crippen molar-refractivity contribution < 1.29 is 52.4 Å². The number of hydrogen-bond donors (Lipinski definition) is 3. The Bertz CT molecular complexity index is 2000. The summed E-state index contributed by atoms with van der Waals surface area (Å²) >= 11 is 0. The third kappa shape index (κ3) is 9.50. The number of ketones is 2. The van der Waals surface area contributed by atoms with Crippen LogP contribution >= 0.6 is 0 Å². The Morgan fingerprint density at radius 3 is 2.33 bits per heavy atom. The summed E-state index contributed by atoms with van der Waals surface area (Å²) in [7, 11) is 4.99. The van der Waals surface area contributed by atoms with Crippen molar-refractivity contribution in [2.45, 2.75) is 141 Å². The second-order valence-corrected chi connectivity index (χ2v) is 17.2. The Labute approximate surface area is 355 Å². The predicted octanol–water partition coefficient (Wildman–Crippen LogP) is 2.20. The SMILES string of the molecule is CC[C@H]1OC(=O)[C@@](C)(F)C(=O)[C@H](C)[C@@H](O[C@@H]2OC(C)CC(N(C)C)C2O)[C@](C)(OC)C[C@@H](C)C(=O)[C@H](C)[C@H]2N(CC#CCn3cc(-c4cc(N)nc(N)n4)nn3)C(=O)O[C@]12C. The summed E-state index contributed by atoms with van der Waals surface area (Å²) in [5.41, 5.74) is 5.83. The van der Waals surface area contributed by atoms with Crippen LogP contribution in [0.3, 0.4) is 0 Å². The molecule has 336 valence electrons. The molecule has 13 atom stereocenters. The molecule has 3 saturated heterocycles. The highest BCUT2D eigenvalue weighted by Gasteiger charge is 2.61. The number of alkyl halides is 1. The summed E-state index contributed by atoms with van der Waals surface area (Å²) < 4.78 is 48.7. The molecule has 61 heavy (non-hydrogen) atoms. The fourth-order valence-corrected chi connectivity index (χ4v) is 9.03. The molecule has 2 aromatic heterocycles. The molecule has 3 aliphatic heterocycles. The number of nitrogens with two attached hydrogens (primary N) is 2. The lowest BCUT2D eigenvalue weighted by Crippen LogP contribution is -2.61. The molecule has 3 unspecified atom stereocenters. The van der Waals surface area contributed by atoms with Crippen LogP contribution in [0.25, 0.3) is 11.4 Å². The number of aromatic nitrogens is 5. The van der Waals surface area contributed by atoms with Crippen LogP contribution in [0.4, 0.5) is 21.0 Å². The number of likely N-dealkylation sites (N-methyl/N-ethyl adjacent to an activating group) is 1. The summed E-state index contributed by atoms with van der Waals surface area (Å²) in [5.74, 6) is -0.134. The van der Waals surface area contributed by atoms with E-state index in [2.05, 4.69) is 32.1 Å². The first-order valence-electron chi connectivity index (χ1n) is 20.4. The van der Waals surface area contributed by atoms with E-state index in [9.17, 15) is 24.3 Å². The number of Topliss-reactive ketones (excluding diaryl/α,β-unsaturated/α-hetero) is 2. The molecular formula is C41H60FN9O10. The van der Waals surface area contributed by atoms with Crippen LogP contribution in [0.2, 0.25) is 0 Å². The monoisotopic (exact) mass is 857 g/mol. The number of halogens is 1. The zero-order valence-corrected chi connectivity index (χ0v) is 36.7. The van der Waals surface area contributed by atoms with Gasteiger partial charge in [-0.25, -0.2) is 23.6 Å². The van der Waals surface area contributed by atoms with Gasteiger partial charge in [0.2, 0.25) is 5.95 Å². The third-order valence-corrected chi connectivity index (χ3v) is 12.4. The second kappa shape index (κ2) is 18.3. The maximum atomic E-state index is 16.9. The van der Waals surface area contributed by atoms with E-state index >= 15 is 4.39 Å². The number of esters is 1. The average molecular weight is 858 g/mol. The number of ether oxygens (including phenoxy) is 5. The first kappa shape index (κ1) is 47.2. The number of aliphatic hydroxyl groups excluding tert-OH is 1. The minimum Gasteiger partial charge on any atom is -0.455 e. The summed E-state index contributed by atoms with van der Waals surface area (Å²) in [6.07, 6.45) is -4.28. The maximum absolute atomic E-state index is 16.9. The van der Waals surface area contributed by atoms with Gasteiger partial charge in [-0.05, 0) is 61.1 Å². The highest BCUT2D eigenvalue weighted by atomic mass is 19.1. The van der Waals surface area contributed by atoms with E-state index in [1.165, 1.54) is 36.6 Å². The third-order valence-electron chi connectivity index (χ3n) is 12.4. The first-order chi connectivity index (χ1) is 28.5. The molecule has 3 aliphatic rings. The van der Waals surface area contributed by atoms with Crippen molar-refractivity contribution in [1.82, 2.24) is 34.8 Å². The Hall–Kier alpha value is -4.81. The van der Waals surface area contributed by atoms with E-state index in [-0.39, 0.29) is 55.6 Å². The molecular weight excluding hydrogens is 798 g/mol. The largest absolute Gasteiger partial charge is 0.455 e. The van der Waals surface area contributed by atoms with E-state index in [1.54, 1.807) is 48.0 Å². The number of carbonyl (C=O) groups is 4. The number of aliphatic hydroxyl groups is 1. The summed E-state index contributed by atoms with van der Waals surface area (Å²) in [4.78, 5) is 67.7. The first-order valence-corrected chi connectivity index (χ1v) is 20.4. The zero-order chi connectivity index (χ0) is 45.4. The lowest BCUT2D eigenvalue weighted by molar-refractivity contribution is -0.295. The number of cyclic esters (lactones) is 1. The number of hydrogen-bond acceptors (Lipinski definition) is 17. The number of fused-ring (bicyclic) bond motifs is 1. The Balaban J connectivity index is 1.49. The van der Waals surface area contributed by atoms with Gasteiger partial charge in [-0.15, -0.1) is 5.10 Å². The van der Waals surface area contributed by atoms with Crippen LogP contribution < -0.4 is 11.5 Å². The summed E-state index contributed by atoms with van der Waals surface area (Å²) in [6, 6.07) is 0.0358. The predicted molar refractivity (Wildman–Crippen MR) is 218 cm³/mol. The number of amides is 1. The molecule has 19 nitrogen and oxygen atoms in total.